The van der Waals surface area contributed by atoms with E-state index < -0.39 is 0 Å². The van der Waals surface area contributed by atoms with Gasteiger partial charge in [-0.3, -0.25) is 4.90 Å². The largest absolute Gasteiger partial charge is 0.496 e. The molecule has 0 aromatic heterocycles. The van der Waals surface area contributed by atoms with Crippen molar-refractivity contribution in [1.82, 2.24) is 4.90 Å². The normalized spacial score (nSPS) is 24.4. The first-order chi connectivity index (χ1) is 9.13. The van der Waals surface area contributed by atoms with Crippen LogP contribution in [0.1, 0.15) is 30.9 Å². The number of piperidine rings is 1. The number of hydrogen-bond acceptors (Lipinski definition) is 3. The summed E-state index contributed by atoms with van der Waals surface area (Å²) in [5.74, 6) is 1.63. The van der Waals surface area contributed by atoms with Gasteiger partial charge in [0, 0.05) is 19.1 Å². The molecule has 1 fully saturated rings. The number of methoxy groups -OCH3 is 1. The van der Waals surface area contributed by atoms with Crippen molar-refractivity contribution in [1.29, 1.82) is 0 Å². The number of benzene rings is 1. The molecular weight excluding hydrogens is 236 g/mol. The van der Waals surface area contributed by atoms with Gasteiger partial charge in [0.25, 0.3) is 0 Å². The number of nitrogens with two attached hydrogens (primary N) is 1. The van der Waals surface area contributed by atoms with Crippen LogP contribution in [0.2, 0.25) is 0 Å². The van der Waals surface area contributed by atoms with Gasteiger partial charge in [0.1, 0.15) is 5.75 Å². The summed E-state index contributed by atoms with van der Waals surface area (Å²) in [6.45, 7) is 7.38. The Kier molecular flexibility index (Phi) is 4.83. The zero-order valence-corrected chi connectivity index (χ0v) is 12.4. The molecule has 1 aromatic rings. The summed E-state index contributed by atoms with van der Waals surface area (Å²) >= 11 is 0. The molecule has 1 aliphatic rings. The molecule has 3 nitrogen and oxygen atoms in total. The lowest BCUT2D eigenvalue weighted by molar-refractivity contribution is 0.113. The standard InChI is InChI=1S/C16H26N2O/c1-12-8-14(6-7-16(12)19-3)10-18-11-15(9-17)5-4-13(18)2/h6-8,13,15H,4-5,9-11,17H2,1-3H3. The third-order valence-electron chi connectivity index (χ3n) is 4.29. The highest BCUT2D eigenvalue weighted by Gasteiger charge is 2.24. The number of aryl methyl sites for hydroxylation is 1. The van der Waals surface area contributed by atoms with E-state index in [0.29, 0.717) is 12.0 Å². The molecule has 1 heterocycles. The highest BCUT2D eigenvalue weighted by Crippen LogP contribution is 2.25. The van der Waals surface area contributed by atoms with E-state index in [1.54, 1.807) is 7.11 Å². The highest BCUT2D eigenvalue weighted by atomic mass is 16.5. The van der Waals surface area contributed by atoms with Crippen molar-refractivity contribution in [3.05, 3.63) is 29.3 Å². The monoisotopic (exact) mass is 262 g/mol. The number of hydrogen-bond donors (Lipinski definition) is 1. The molecule has 0 radical (unpaired) electrons. The van der Waals surface area contributed by atoms with Gasteiger partial charge < -0.3 is 10.5 Å². The molecule has 0 spiro atoms. The lowest BCUT2D eigenvalue weighted by Gasteiger charge is -2.37. The Labute approximate surface area is 116 Å². The molecule has 2 N–H and O–H groups in total. The molecule has 1 saturated heterocycles. The first-order valence-electron chi connectivity index (χ1n) is 7.21. The molecule has 3 heteroatoms. The molecule has 106 valence electrons. The quantitative estimate of drug-likeness (QED) is 0.906. The third kappa shape index (κ3) is 3.48. The van der Waals surface area contributed by atoms with E-state index >= 15 is 0 Å². The fourth-order valence-corrected chi connectivity index (χ4v) is 2.95. The van der Waals surface area contributed by atoms with Crippen molar-refractivity contribution >= 4 is 0 Å². The van der Waals surface area contributed by atoms with Gasteiger partial charge in [-0.1, -0.05) is 12.1 Å². The van der Waals surface area contributed by atoms with Crippen LogP contribution in [-0.2, 0) is 6.54 Å². The van der Waals surface area contributed by atoms with Crippen LogP contribution in [0.25, 0.3) is 0 Å². The van der Waals surface area contributed by atoms with Crippen LogP contribution in [0, 0.1) is 12.8 Å². The highest BCUT2D eigenvalue weighted by molar-refractivity contribution is 5.36. The van der Waals surface area contributed by atoms with Gasteiger partial charge in [-0.05, 0) is 56.3 Å². The SMILES string of the molecule is COc1ccc(CN2CC(CN)CCC2C)cc1C. The van der Waals surface area contributed by atoms with E-state index in [2.05, 4.69) is 36.9 Å². The first kappa shape index (κ1) is 14.4. The summed E-state index contributed by atoms with van der Waals surface area (Å²) in [5.41, 5.74) is 8.40. The van der Waals surface area contributed by atoms with Crippen LogP contribution in [0.15, 0.2) is 18.2 Å². The Bertz CT molecular complexity index is 419. The minimum atomic E-state index is 0.658. The summed E-state index contributed by atoms with van der Waals surface area (Å²) in [6, 6.07) is 7.13. The molecule has 0 amide bonds. The maximum absolute atomic E-state index is 5.82. The lowest BCUT2D eigenvalue weighted by Crippen LogP contribution is -2.43. The zero-order valence-electron chi connectivity index (χ0n) is 12.4. The number of rotatable bonds is 4. The summed E-state index contributed by atoms with van der Waals surface area (Å²) in [6.07, 6.45) is 2.53. The van der Waals surface area contributed by atoms with Crippen LogP contribution in [-0.4, -0.2) is 31.1 Å². The summed E-state index contributed by atoms with van der Waals surface area (Å²) in [7, 11) is 1.72. The van der Waals surface area contributed by atoms with Crippen molar-refractivity contribution < 1.29 is 4.74 Å². The molecule has 1 aliphatic heterocycles. The third-order valence-corrected chi connectivity index (χ3v) is 4.29. The van der Waals surface area contributed by atoms with Gasteiger partial charge in [-0.15, -0.1) is 0 Å². The fraction of sp³-hybridized carbons (Fsp3) is 0.625. The van der Waals surface area contributed by atoms with Crippen molar-refractivity contribution in [3.63, 3.8) is 0 Å². The Morgan fingerprint density at radius 1 is 1.37 bits per heavy atom. The molecule has 0 aliphatic carbocycles. The Hall–Kier alpha value is -1.06. The molecule has 0 bridgehead atoms. The molecule has 0 saturated carbocycles. The van der Waals surface area contributed by atoms with E-state index in [0.717, 1.165) is 25.4 Å². The van der Waals surface area contributed by atoms with E-state index in [4.69, 9.17) is 10.5 Å². The number of ether oxygens (including phenoxy) is 1. The van der Waals surface area contributed by atoms with Gasteiger partial charge in [0.2, 0.25) is 0 Å². The van der Waals surface area contributed by atoms with Crippen LogP contribution >= 0.6 is 0 Å². The van der Waals surface area contributed by atoms with Gasteiger partial charge in [-0.25, -0.2) is 0 Å². The first-order valence-corrected chi connectivity index (χ1v) is 7.21. The fourth-order valence-electron chi connectivity index (χ4n) is 2.95. The average Bonchev–Trinajstić information content (AvgIpc) is 2.41. The Balaban J connectivity index is 2.05. The topological polar surface area (TPSA) is 38.5 Å². The van der Waals surface area contributed by atoms with Crippen LogP contribution in [0.4, 0.5) is 0 Å². The van der Waals surface area contributed by atoms with Crippen LogP contribution < -0.4 is 10.5 Å². The minimum absolute atomic E-state index is 0.658. The zero-order chi connectivity index (χ0) is 13.8. The molecule has 19 heavy (non-hydrogen) atoms. The summed E-state index contributed by atoms with van der Waals surface area (Å²) in [5, 5.41) is 0. The second-order valence-electron chi connectivity index (χ2n) is 5.76. The average molecular weight is 262 g/mol. The van der Waals surface area contributed by atoms with Crippen LogP contribution in [0.3, 0.4) is 0 Å². The van der Waals surface area contributed by atoms with Crippen LogP contribution in [0.5, 0.6) is 5.75 Å². The van der Waals surface area contributed by atoms with Gasteiger partial charge >= 0.3 is 0 Å². The maximum Gasteiger partial charge on any atom is 0.121 e. The molecule has 1 aromatic carbocycles. The Morgan fingerprint density at radius 2 is 2.16 bits per heavy atom. The summed E-state index contributed by atoms with van der Waals surface area (Å²) in [4.78, 5) is 2.56. The molecule has 2 rings (SSSR count). The second kappa shape index (κ2) is 6.40. The van der Waals surface area contributed by atoms with Gasteiger partial charge in [0.05, 0.1) is 7.11 Å². The molecule has 2 unspecified atom stereocenters. The molecule has 2 atom stereocenters. The van der Waals surface area contributed by atoms with Crippen molar-refractivity contribution in [2.45, 2.75) is 39.3 Å². The predicted octanol–water partition coefficient (Wildman–Crippen LogP) is 2.56. The van der Waals surface area contributed by atoms with E-state index in [-0.39, 0.29) is 0 Å². The van der Waals surface area contributed by atoms with E-state index in [9.17, 15) is 0 Å². The molecular formula is C16H26N2O. The lowest BCUT2D eigenvalue weighted by atomic mass is 9.93. The van der Waals surface area contributed by atoms with Crippen molar-refractivity contribution in [2.75, 3.05) is 20.2 Å². The predicted molar refractivity (Wildman–Crippen MR) is 79.4 cm³/mol. The van der Waals surface area contributed by atoms with E-state index in [1.807, 2.05) is 0 Å². The van der Waals surface area contributed by atoms with Crippen molar-refractivity contribution in [3.8, 4) is 5.75 Å². The maximum atomic E-state index is 5.82. The van der Waals surface area contributed by atoms with E-state index in [1.165, 1.54) is 24.0 Å². The van der Waals surface area contributed by atoms with Gasteiger partial charge in [0.15, 0.2) is 0 Å². The van der Waals surface area contributed by atoms with Gasteiger partial charge in [-0.2, -0.15) is 0 Å². The van der Waals surface area contributed by atoms with Crippen molar-refractivity contribution in [2.24, 2.45) is 11.7 Å². The Morgan fingerprint density at radius 3 is 2.79 bits per heavy atom. The second-order valence-corrected chi connectivity index (χ2v) is 5.76. The summed E-state index contributed by atoms with van der Waals surface area (Å²) < 4.78 is 5.32. The number of nitrogens with zero attached hydrogens (tertiary/aromatic N) is 1. The number of likely N-dealkylation sites (tertiary alicyclic amines) is 1. The smallest absolute Gasteiger partial charge is 0.121 e. The minimum Gasteiger partial charge on any atom is -0.496 e.